The van der Waals surface area contributed by atoms with Crippen LogP contribution in [0.4, 0.5) is 0 Å². The molecule has 1 rings (SSSR count). The number of benzene rings is 1. The molecule has 1 radical (unpaired) electrons. The van der Waals surface area contributed by atoms with Crippen molar-refractivity contribution in [3.8, 4) is 5.75 Å². The lowest BCUT2D eigenvalue weighted by Gasteiger charge is -2.15. The largest absolute Gasteiger partial charge is 0.508 e. The molecule has 0 heterocycles. The molecule has 1 aromatic carbocycles. The highest BCUT2D eigenvalue weighted by atomic mass is 16.3. The maximum atomic E-state index is 9.62. The second-order valence-electron chi connectivity index (χ2n) is 3.15. The zero-order chi connectivity index (χ0) is 9.84. The van der Waals surface area contributed by atoms with Crippen molar-refractivity contribution in [2.45, 2.75) is 6.10 Å². The number of aromatic hydroxyl groups is 1. The van der Waals surface area contributed by atoms with E-state index in [-0.39, 0.29) is 5.75 Å². The van der Waals surface area contributed by atoms with Crippen molar-refractivity contribution in [2.75, 3.05) is 13.6 Å². The molecule has 3 nitrogen and oxygen atoms in total. The summed E-state index contributed by atoms with van der Waals surface area (Å²) in [6.45, 7) is 0.448. The molecule has 1 unspecified atom stereocenters. The molecule has 1 atom stereocenters. The van der Waals surface area contributed by atoms with Gasteiger partial charge in [0.2, 0.25) is 0 Å². The number of phenolic OH excluding ortho intramolecular Hbond substituents is 1. The van der Waals surface area contributed by atoms with Crippen molar-refractivity contribution in [3.05, 3.63) is 36.9 Å². The third-order valence-corrected chi connectivity index (χ3v) is 1.74. The van der Waals surface area contributed by atoms with Crippen LogP contribution in [0.15, 0.2) is 24.3 Å². The van der Waals surface area contributed by atoms with E-state index in [2.05, 4.69) is 7.05 Å². The third kappa shape index (κ3) is 3.05. The van der Waals surface area contributed by atoms with Gasteiger partial charge in [-0.2, -0.15) is 0 Å². The number of hydrogen-bond acceptors (Lipinski definition) is 3. The van der Waals surface area contributed by atoms with Crippen LogP contribution in [0.2, 0.25) is 0 Å². The summed E-state index contributed by atoms with van der Waals surface area (Å²) >= 11 is 0. The first-order valence-corrected chi connectivity index (χ1v) is 4.08. The second-order valence-corrected chi connectivity index (χ2v) is 3.15. The Morgan fingerprint density at radius 1 is 1.54 bits per heavy atom. The SMILES string of the molecule is [CH2]N(C)CC(O)c1cccc(O)c1. The van der Waals surface area contributed by atoms with Gasteiger partial charge >= 0.3 is 0 Å². The van der Waals surface area contributed by atoms with Crippen molar-refractivity contribution in [1.29, 1.82) is 0 Å². The number of phenols is 1. The summed E-state index contributed by atoms with van der Waals surface area (Å²) in [5.41, 5.74) is 0.704. The van der Waals surface area contributed by atoms with Gasteiger partial charge in [-0.1, -0.05) is 12.1 Å². The van der Waals surface area contributed by atoms with Crippen molar-refractivity contribution >= 4 is 0 Å². The number of aliphatic hydroxyl groups is 1. The van der Waals surface area contributed by atoms with E-state index in [9.17, 15) is 5.11 Å². The van der Waals surface area contributed by atoms with Crippen molar-refractivity contribution in [1.82, 2.24) is 4.90 Å². The van der Waals surface area contributed by atoms with Crippen molar-refractivity contribution in [3.63, 3.8) is 0 Å². The lowest BCUT2D eigenvalue weighted by atomic mass is 10.1. The molecular weight excluding hydrogens is 166 g/mol. The summed E-state index contributed by atoms with van der Waals surface area (Å²) in [4.78, 5) is 1.65. The summed E-state index contributed by atoms with van der Waals surface area (Å²) < 4.78 is 0. The molecule has 0 aliphatic rings. The van der Waals surface area contributed by atoms with Crippen LogP contribution in [-0.2, 0) is 0 Å². The Balaban J connectivity index is 2.71. The van der Waals surface area contributed by atoms with Gasteiger partial charge in [0.1, 0.15) is 5.75 Å². The predicted octanol–water partition coefficient (Wildman–Crippen LogP) is 1.15. The molecule has 0 aliphatic carbocycles. The van der Waals surface area contributed by atoms with Crippen molar-refractivity contribution in [2.24, 2.45) is 0 Å². The quantitative estimate of drug-likeness (QED) is 0.733. The second kappa shape index (κ2) is 4.25. The minimum atomic E-state index is -0.602. The van der Waals surface area contributed by atoms with Gasteiger partial charge in [0.05, 0.1) is 6.10 Å². The molecule has 0 amide bonds. The molecule has 3 heteroatoms. The molecule has 0 saturated heterocycles. The highest BCUT2D eigenvalue weighted by Crippen LogP contribution is 2.18. The van der Waals surface area contributed by atoms with Crippen LogP contribution in [0.5, 0.6) is 5.75 Å². The van der Waals surface area contributed by atoms with E-state index in [0.29, 0.717) is 12.1 Å². The van der Waals surface area contributed by atoms with Crippen LogP contribution in [-0.4, -0.2) is 28.7 Å². The average Bonchev–Trinajstić information content (AvgIpc) is 2.03. The minimum Gasteiger partial charge on any atom is -0.508 e. The fourth-order valence-corrected chi connectivity index (χ4v) is 1.13. The number of rotatable bonds is 3. The van der Waals surface area contributed by atoms with Gasteiger partial charge in [-0.3, -0.25) is 0 Å². The molecule has 0 spiro atoms. The molecule has 0 saturated carbocycles. The van der Waals surface area contributed by atoms with E-state index in [1.54, 1.807) is 36.2 Å². The molecular formula is C10H14NO2. The maximum Gasteiger partial charge on any atom is 0.115 e. The Bertz CT molecular complexity index is 273. The molecule has 71 valence electrons. The Hall–Kier alpha value is -1.06. The van der Waals surface area contributed by atoms with E-state index in [0.717, 1.165) is 0 Å². The Morgan fingerprint density at radius 3 is 2.77 bits per heavy atom. The van der Waals surface area contributed by atoms with Crippen LogP contribution in [0.1, 0.15) is 11.7 Å². The van der Waals surface area contributed by atoms with Crippen LogP contribution in [0, 0.1) is 7.05 Å². The van der Waals surface area contributed by atoms with E-state index in [1.165, 1.54) is 0 Å². The number of aliphatic hydroxyl groups excluding tert-OH is 1. The van der Waals surface area contributed by atoms with Gasteiger partial charge in [0, 0.05) is 13.6 Å². The topological polar surface area (TPSA) is 43.7 Å². The van der Waals surface area contributed by atoms with Gasteiger partial charge in [-0.05, 0) is 24.7 Å². The summed E-state index contributed by atoms with van der Waals surface area (Å²) in [5.74, 6) is 0.170. The normalized spacial score (nSPS) is 13.2. The first-order chi connectivity index (χ1) is 6.09. The fraction of sp³-hybridized carbons (Fsp3) is 0.300. The highest BCUT2D eigenvalue weighted by Gasteiger charge is 2.08. The van der Waals surface area contributed by atoms with Crippen molar-refractivity contribution < 1.29 is 10.2 Å². The van der Waals surface area contributed by atoms with Gasteiger partial charge in [0.25, 0.3) is 0 Å². The number of nitrogens with zero attached hydrogens (tertiary/aromatic N) is 1. The smallest absolute Gasteiger partial charge is 0.115 e. The predicted molar refractivity (Wildman–Crippen MR) is 51.1 cm³/mol. The molecule has 0 bridgehead atoms. The van der Waals surface area contributed by atoms with Crippen LogP contribution in [0.3, 0.4) is 0 Å². The number of likely N-dealkylation sites (N-methyl/N-ethyl adjacent to an activating group) is 1. The van der Waals surface area contributed by atoms with E-state index < -0.39 is 6.10 Å². The highest BCUT2D eigenvalue weighted by molar-refractivity contribution is 5.28. The fourth-order valence-electron chi connectivity index (χ4n) is 1.13. The summed E-state index contributed by atoms with van der Waals surface area (Å²) in [7, 11) is 5.42. The van der Waals surface area contributed by atoms with Gasteiger partial charge < -0.3 is 15.1 Å². The zero-order valence-electron chi connectivity index (χ0n) is 7.64. The van der Waals surface area contributed by atoms with Gasteiger partial charge in [-0.25, -0.2) is 0 Å². The molecule has 0 aliphatic heterocycles. The number of hydrogen-bond donors (Lipinski definition) is 2. The molecule has 0 fully saturated rings. The van der Waals surface area contributed by atoms with Crippen LogP contribution >= 0.6 is 0 Å². The third-order valence-electron chi connectivity index (χ3n) is 1.74. The lowest BCUT2D eigenvalue weighted by Crippen LogP contribution is -2.17. The molecule has 13 heavy (non-hydrogen) atoms. The first kappa shape index (κ1) is 10.0. The Morgan fingerprint density at radius 2 is 2.23 bits per heavy atom. The Labute approximate surface area is 78.2 Å². The van der Waals surface area contributed by atoms with E-state index in [1.807, 2.05) is 0 Å². The Kier molecular flexibility index (Phi) is 3.28. The molecule has 1 aromatic rings. The van der Waals surface area contributed by atoms with Gasteiger partial charge in [-0.15, -0.1) is 0 Å². The average molecular weight is 180 g/mol. The van der Waals surface area contributed by atoms with Crippen LogP contribution < -0.4 is 0 Å². The van der Waals surface area contributed by atoms with E-state index in [4.69, 9.17) is 5.11 Å². The standard InChI is InChI=1S/C10H14NO2/c1-11(2)7-10(13)8-4-3-5-9(12)6-8/h3-6,10,12-13H,1,7H2,2H3. The first-order valence-electron chi connectivity index (χ1n) is 4.08. The maximum absolute atomic E-state index is 9.62. The molecule has 0 aromatic heterocycles. The summed E-state index contributed by atoms with van der Waals surface area (Å²) in [6.07, 6.45) is -0.602. The zero-order valence-corrected chi connectivity index (χ0v) is 7.64. The van der Waals surface area contributed by atoms with E-state index >= 15 is 0 Å². The monoisotopic (exact) mass is 180 g/mol. The lowest BCUT2D eigenvalue weighted by molar-refractivity contribution is 0.144. The van der Waals surface area contributed by atoms with Gasteiger partial charge in [0.15, 0.2) is 0 Å². The summed E-state index contributed by atoms with van der Waals surface area (Å²) in [6, 6.07) is 6.60. The van der Waals surface area contributed by atoms with Crippen LogP contribution in [0.25, 0.3) is 0 Å². The minimum absolute atomic E-state index is 0.170. The summed E-state index contributed by atoms with van der Waals surface area (Å²) in [5, 5.41) is 18.8. The molecule has 2 N–H and O–H groups in total.